The lowest BCUT2D eigenvalue weighted by Crippen LogP contribution is -2.20. The van der Waals surface area contributed by atoms with Gasteiger partial charge in [-0.15, -0.1) is 0 Å². The van der Waals surface area contributed by atoms with E-state index in [1.807, 2.05) is 0 Å². The second kappa shape index (κ2) is 7.29. The summed E-state index contributed by atoms with van der Waals surface area (Å²) in [6.45, 7) is 4.20. The van der Waals surface area contributed by atoms with Gasteiger partial charge in [0.1, 0.15) is 6.29 Å². The lowest BCUT2D eigenvalue weighted by molar-refractivity contribution is -0.110. The number of aliphatic hydroxyl groups is 1. The van der Waals surface area contributed by atoms with Crippen LogP contribution in [-0.2, 0) is 4.79 Å². The Morgan fingerprint density at radius 3 is 2.50 bits per heavy atom. The molecule has 2 heteroatoms. The highest BCUT2D eigenvalue weighted by atomic mass is 16.3. The van der Waals surface area contributed by atoms with Crippen LogP contribution in [0.25, 0.3) is 0 Å². The van der Waals surface area contributed by atoms with Gasteiger partial charge in [0.2, 0.25) is 0 Å². The van der Waals surface area contributed by atoms with Gasteiger partial charge in [-0.2, -0.15) is 0 Å². The van der Waals surface area contributed by atoms with Gasteiger partial charge in [-0.05, 0) is 12.3 Å². The van der Waals surface area contributed by atoms with Gasteiger partial charge >= 0.3 is 0 Å². The second-order valence-electron chi connectivity index (χ2n) is 3.28. The quantitative estimate of drug-likeness (QED) is 0.597. The molecule has 0 bridgehead atoms. The summed E-state index contributed by atoms with van der Waals surface area (Å²) < 4.78 is 0. The van der Waals surface area contributed by atoms with Crippen LogP contribution in [0.1, 0.15) is 46.0 Å². The zero-order chi connectivity index (χ0) is 9.40. The van der Waals surface area contributed by atoms with Gasteiger partial charge in [0.15, 0.2) is 0 Å². The van der Waals surface area contributed by atoms with Crippen molar-refractivity contribution in [1.29, 1.82) is 0 Å². The van der Waals surface area contributed by atoms with Crippen molar-refractivity contribution in [1.82, 2.24) is 0 Å². The maximum Gasteiger partial charge on any atom is 0.122 e. The molecule has 0 saturated heterocycles. The highest BCUT2D eigenvalue weighted by molar-refractivity contribution is 5.50. The predicted octanol–water partition coefficient (Wildman–Crippen LogP) is 2.15. The van der Waals surface area contributed by atoms with Crippen molar-refractivity contribution in [2.45, 2.75) is 52.1 Å². The smallest absolute Gasteiger partial charge is 0.122 e. The molecule has 0 aliphatic carbocycles. The number of aldehydes is 1. The third kappa shape index (κ3) is 4.50. The lowest BCUT2D eigenvalue weighted by atomic mass is 9.92. The van der Waals surface area contributed by atoms with E-state index in [0.29, 0.717) is 12.3 Å². The van der Waals surface area contributed by atoms with Gasteiger partial charge in [-0.1, -0.05) is 33.1 Å². The normalized spacial score (nSPS) is 15.6. The molecule has 0 spiro atoms. The highest BCUT2D eigenvalue weighted by Gasteiger charge is 2.15. The van der Waals surface area contributed by atoms with Crippen molar-refractivity contribution in [3.05, 3.63) is 0 Å². The topological polar surface area (TPSA) is 37.3 Å². The SMILES string of the molecule is CCCCC(CC)C(O)CC=O. The van der Waals surface area contributed by atoms with Crippen molar-refractivity contribution in [2.75, 3.05) is 0 Å². The Balaban J connectivity index is 3.69. The van der Waals surface area contributed by atoms with Crippen LogP contribution < -0.4 is 0 Å². The van der Waals surface area contributed by atoms with Gasteiger partial charge in [-0.3, -0.25) is 0 Å². The van der Waals surface area contributed by atoms with Crippen LogP contribution in [0, 0.1) is 5.92 Å². The lowest BCUT2D eigenvalue weighted by Gasteiger charge is -2.19. The largest absolute Gasteiger partial charge is 0.392 e. The molecule has 0 fully saturated rings. The van der Waals surface area contributed by atoms with E-state index in [4.69, 9.17) is 0 Å². The van der Waals surface area contributed by atoms with Crippen molar-refractivity contribution in [3.63, 3.8) is 0 Å². The minimum absolute atomic E-state index is 0.294. The summed E-state index contributed by atoms with van der Waals surface area (Å²) in [7, 11) is 0. The van der Waals surface area contributed by atoms with Crippen LogP contribution in [0.5, 0.6) is 0 Å². The molecule has 2 unspecified atom stereocenters. The van der Waals surface area contributed by atoms with E-state index in [-0.39, 0.29) is 0 Å². The number of aliphatic hydroxyl groups excluding tert-OH is 1. The first-order chi connectivity index (χ1) is 5.76. The average molecular weight is 172 g/mol. The number of hydrogen-bond donors (Lipinski definition) is 1. The Morgan fingerprint density at radius 2 is 2.08 bits per heavy atom. The van der Waals surface area contributed by atoms with Gasteiger partial charge in [0.25, 0.3) is 0 Å². The van der Waals surface area contributed by atoms with Crippen molar-refractivity contribution in [2.24, 2.45) is 5.92 Å². The van der Waals surface area contributed by atoms with Gasteiger partial charge in [0.05, 0.1) is 6.10 Å². The Hall–Kier alpha value is -0.370. The van der Waals surface area contributed by atoms with E-state index < -0.39 is 6.10 Å². The number of rotatable bonds is 7. The molecule has 0 aromatic rings. The molecular weight excluding hydrogens is 152 g/mol. The Labute approximate surface area is 75.0 Å². The van der Waals surface area contributed by atoms with E-state index in [1.165, 1.54) is 0 Å². The summed E-state index contributed by atoms with van der Waals surface area (Å²) >= 11 is 0. The first-order valence-corrected chi connectivity index (χ1v) is 4.87. The third-order valence-electron chi connectivity index (χ3n) is 2.33. The molecule has 0 amide bonds. The van der Waals surface area contributed by atoms with Crippen LogP contribution in [0.4, 0.5) is 0 Å². The second-order valence-corrected chi connectivity index (χ2v) is 3.28. The summed E-state index contributed by atoms with van der Waals surface area (Å²) in [5.41, 5.74) is 0. The van der Waals surface area contributed by atoms with Gasteiger partial charge in [-0.25, -0.2) is 0 Å². The van der Waals surface area contributed by atoms with Crippen LogP contribution in [0.2, 0.25) is 0 Å². The molecule has 0 radical (unpaired) electrons. The summed E-state index contributed by atoms with van der Waals surface area (Å²) in [6.07, 6.45) is 5.00. The van der Waals surface area contributed by atoms with Crippen molar-refractivity contribution >= 4 is 6.29 Å². The molecule has 12 heavy (non-hydrogen) atoms. The summed E-state index contributed by atoms with van der Waals surface area (Å²) in [4.78, 5) is 10.1. The molecule has 2 nitrogen and oxygen atoms in total. The Kier molecular flexibility index (Phi) is 7.06. The maximum atomic E-state index is 10.1. The predicted molar refractivity (Wildman–Crippen MR) is 50.0 cm³/mol. The fraction of sp³-hybridized carbons (Fsp3) is 0.900. The standard InChI is InChI=1S/C10H20O2/c1-3-5-6-9(4-2)10(12)7-8-11/h8-10,12H,3-7H2,1-2H3. The fourth-order valence-corrected chi connectivity index (χ4v) is 1.43. The van der Waals surface area contributed by atoms with Crippen LogP contribution in [0.15, 0.2) is 0 Å². The molecule has 1 N–H and O–H groups in total. The number of hydrogen-bond acceptors (Lipinski definition) is 2. The molecule has 0 aliphatic rings. The summed E-state index contributed by atoms with van der Waals surface area (Å²) in [5, 5.41) is 9.50. The van der Waals surface area contributed by atoms with E-state index in [2.05, 4.69) is 13.8 Å². The van der Waals surface area contributed by atoms with E-state index in [1.54, 1.807) is 0 Å². The Morgan fingerprint density at radius 1 is 1.42 bits per heavy atom. The number of carbonyl (C=O) groups is 1. The van der Waals surface area contributed by atoms with Crippen molar-refractivity contribution in [3.8, 4) is 0 Å². The van der Waals surface area contributed by atoms with Gasteiger partial charge < -0.3 is 9.90 Å². The average Bonchev–Trinajstić information content (AvgIpc) is 2.06. The van der Waals surface area contributed by atoms with Crippen molar-refractivity contribution < 1.29 is 9.90 Å². The van der Waals surface area contributed by atoms with Crippen LogP contribution in [-0.4, -0.2) is 17.5 Å². The summed E-state index contributed by atoms with van der Waals surface area (Å²) in [6, 6.07) is 0. The first kappa shape index (κ1) is 11.6. The minimum atomic E-state index is -0.418. The molecule has 72 valence electrons. The highest BCUT2D eigenvalue weighted by Crippen LogP contribution is 2.18. The molecule has 2 atom stereocenters. The zero-order valence-corrected chi connectivity index (χ0v) is 8.12. The number of unbranched alkanes of at least 4 members (excludes halogenated alkanes) is 1. The molecule has 0 aliphatic heterocycles. The van der Waals surface area contributed by atoms with Gasteiger partial charge in [0, 0.05) is 6.42 Å². The van der Waals surface area contributed by atoms with E-state index >= 15 is 0 Å². The maximum absolute atomic E-state index is 10.1. The first-order valence-electron chi connectivity index (χ1n) is 4.87. The van der Waals surface area contributed by atoms with Crippen LogP contribution in [0.3, 0.4) is 0 Å². The zero-order valence-electron chi connectivity index (χ0n) is 8.12. The Bertz CT molecular complexity index is 112. The fourth-order valence-electron chi connectivity index (χ4n) is 1.43. The molecule has 0 aromatic heterocycles. The third-order valence-corrected chi connectivity index (χ3v) is 2.33. The van der Waals surface area contributed by atoms with Crippen LogP contribution >= 0.6 is 0 Å². The van der Waals surface area contributed by atoms with E-state index in [9.17, 15) is 9.90 Å². The molecule has 0 rings (SSSR count). The monoisotopic (exact) mass is 172 g/mol. The minimum Gasteiger partial charge on any atom is -0.392 e. The van der Waals surface area contributed by atoms with E-state index in [0.717, 1.165) is 32.0 Å². The molecule has 0 saturated carbocycles. The summed E-state index contributed by atoms with van der Waals surface area (Å²) in [5.74, 6) is 0.315. The molecular formula is C10H20O2. The number of carbonyl (C=O) groups excluding carboxylic acids is 1. The molecule has 0 heterocycles. The molecule has 0 aromatic carbocycles.